The minimum Gasteiger partial charge on any atom is -0.550 e. The maximum atomic E-state index is 10.2. The van der Waals surface area contributed by atoms with E-state index in [-0.39, 0.29) is 84.8 Å². The second-order valence-corrected chi connectivity index (χ2v) is 8.22. The average molecular weight is 484 g/mol. The summed E-state index contributed by atoms with van der Waals surface area (Å²) in [5, 5.41) is 30.6. The van der Waals surface area contributed by atoms with Crippen LogP contribution in [0, 0.1) is 0 Å². The Morgan fingerprint density at radius 1 is 0.543 bits per heavy atom. The molecule has 182 valence electrons. The molecule has 0 unspecified atom stereocenters. The average Bonchev–Trinajstić information content (AvgIpc) is 2.76. The van der Waals surface area contributed by atoms with Crippen LogP contribution in [-0.2, 0) is 4.79 Å². The van der Waals surface area contributed by atoms with E-state index in [4.69, 9.17) is 0 Å². The van der Waals surface area contributed by atoms with E-state index in [1.165, 1.54) is 83.5 Å². The van der Waals surface area contributed by atoms with Gasteiger partial charge in [-0.15, -0.1) is 0 Å². The predicted molar refractivity (Wildman–Crippen MR) is 120 cm³/mol. The summed E-state index contributed by atoms with van der Waals surface area (Å²) >= 11 is 0. The van der Waals surface area contributed by atoms with Crippen LogP contribution in [0.5, 0.6) is 0 Å². The zero-order valence-electron chi connectivity index (χ0n) is 22.6. The molecule has 1 rings (SSSR count). The summed E-state index contributed by atoms with van der Waals surface area (Å²) in [6, 6.07) is 4.61. The molecule has 0 aromatic heterocycles. The van der Waals surface area contributed by atoms with Gasteiger partial charge in [0, 0.05) is 5.97 Å². The van der Waals surface area contributed by atoms with Gasteiger partial charge in [0.25, 0.3) is 0 Å². The van der Waals surface area contributed by atoms with Gasteiger partial charge in [-0.25, -0.2) is 0 Å². The Balaban J connectivity index is -0.000000277. The minimum absolute atomic E-state index is 0. The normalized spacial score (nSPS) is 9.40. The summed E-state index contributed by atoms with van der Waals surface area (Å²) in [7, 11) is 0. The van der Waals surface area contributed by atoms with E-state index in [1.807, 2.05) is 0 Å². The number of aromatic carboxylic acids is 2. The van der Waals surface area contributed by atoms with Crippen molar-refractivity contribution in [1.29, 1.82) is 0 Å². The van der Waals surface area contributed by atoms with Crippen LogP contribution in [-0.4, -0.2) is 17.9 Å². The first-order valence-corrected chi connectivity index (χ1v) is 12.1. The van der Waals surface area contributed by atoms with Gasteiger partial charge in [0.2, 0.25) is 0 Å². The molecule has 0 fully saturated rings. The molecule has 1 aromatic carbocycles. The van der Waals surface area contributed by atoms with Gasteiger partial charge in [-0.2, -0.15) is 0 Å². The van der Waals surface area contributed by atoms with Gasteiger partial charge >= 0.3 is 67.3 Å². The zero-order valence-corrected chi connectivity index (χ0v) is 24.6. The molecule has 9 heteroatoms. The third-order valence-electron chi connectivity index (χ3n) is 5.34. The van der Waals surface area contributed by atoms with E-state index in [1.54, 1.807) is 0 Å². The molecule has 0 radical (unpaired) electrons. The molecule has 0 amide bonds. The van der Waals surface area contributed by atoms with Crippen LogP contribution in [0.1, 0.15) is 130 Å². The predicted octanol–water partition coefficient (Wildman–Crippen LogP) is -5.58. The number of carbonyl (C=O) groups is 3. The van der Waals surface area contributed by atoms with E-state index < -0.39 is 17.9 Å². The summed E-state index contributed by atoms with van der Waals surface area (Å²) in [5.41, 5.74) is -0.111. The van der Waals surface area contributed by atoms with Crippen molar-refractivity contribution in [2.75, 3.05) is 0 Å². The zero-order chi connectivity index (χ0) is 24.0. The van der Waals surface area contributed by atoms with Gasteiger partial charge in [0.05, 0.1) is 11.9 Å². The molecule has 1 aromatic rings. The van der Waals surface area contributed by atoms with Crippen LogP contribution in [0.15, 0.2) is 24.3 Å². The van der Waals surface area contributed by atoms with E-state index in [2.05, 4.69) is 6.92 Å². The monoisotopic (exact) mass is 484 g/mol. The first-order chi connectivity index (χ1) is 15.4. The topological polar surface area (TPSA) is 120 Å². The van der Waals surface area contributed by atoms with E-state index in [0.717, 1.165) is 37.1 Å². The largest absolute Gasteiger partial charge is 1.00 e. The van der Waals surface area contributed by atoms with Gasteiger partial charge in [-0.05, 0) is 24.0 Å². The maximum Gasteiger partial charge on any atom is 1.00 e. The van der Waals surface area contributed by atoms with Gasteiger partial charge in [0.1, 0.15) is 0 Å². The second-order valence-electron chi connectivity index (χ2n) is 8.22. The molecule has 0 heterocycles. The fraction of sp³-hybridized carbons (Fsp3) is 0.654. The van der Waals surface area contributed by atoms with E-state index >= 15 is 0 Å². The van der Waals surface area contributed by atoms with Gasteiger partial charge in [-0.3, -0.25) is 0 Å². The Hall–Kier alpha value is -0.175. The second kappa shape index (κ2) is 30.1. The summed E-state index contributed by atoms with van der Waals surface area (Å²) in [5.74, 6) is -3.57. The van der Waals surface area contributed by atoms with Crippen molar-refractivity contribution in [3.63, 3.8) is 0 Å². The molecule has 0 atom stereocenters. The van der Waals surface area contributed by atoms with Gasteiger partial charge < -0.3 is 29.7 Å². The quantitative estimate of drug-likeness (QED) is 0.151. The SMILES string of the molecule is CCCCCCCCCCCCCCCCCC(=O)[O-].O=C([O-])c1ccc(C(=O)[O-])cc1.[Li+].[Li+].[Na+]. The molecule has 0 aliphatic heterocycles. The third kappa shape index (κ3) is 28.2. The Morgan fingerprint density at radius 2 is 0.800 bits per heavy atom. The van der Waals surface area contributed by atoms with Crippen LogP contribution in [0.4, 0.5) is 0 Å². The fourth-order valence-corrected chi connectivity index (χ4v) is 3.38. The van der Waals surface area contributed by atoms with Crippen LogP contribution in [0.3, 0.4) is 0 Å². The Kier molecular flexibility index (Phi) is 36.0. The van der Waals surface area contributed by atoms with Crippen molar-refractivity contribution in [1.82, 2.24) is 0 Å². The van der Waals surface area contributed by atoms with Crippen molar-refractivity contribution in [2.45, 2.75) is 110 Å². The molecule has 6 nitrogen and oxygen atoms in total. The smallest absolute Gasteiger partial charge is 0.550 e. The Labute approximate surface area is 258 Å². The Bertz CT molecular complexity index is 608. The number of carboxylic acids is 3. The maximum absolute atomic E-state index is 10.2. The van der Waals surface area contributed by atoms with Crippen LogP contribution in [0.2, 0.25) is 0 Å². The Morgan fingerprint density at radius 3 is 1.03 bits per heavy atom. The van der Waals surface area contributed by atoms with Crippen molar-refractivity contribution in [3.8, 4) is 0 Å². The molecule has 0 aliphatic rings. The van der Waals surface area contributed by atoms with E-state index in [0.29, 0.717) is 0 Å². The van der Waals surface area contributed by atoms with E-state index in [9.17, 15) is 29.7 Å². The molecular formula is C26H39Li2NaO6. The number of carbonyl (C=O) groups excluding carboxylic acids is 3. The first kappa shape index (κ1) is 41.9. The summed E-state index contributed by atoms with van der Waals surface area (Å²) in [4.78, 5) is 30.6. The fourth-order valence-electron chi connectivity index (χ4n) is 3.38. The van der Waals surface area contributed by atoms with Crippen LogP contribution >= 0.6 is 0 Å². The molecule has 0 N–H and O–H groups in total. The van der Waals surface area contributed by atoms with Crippen LogP contribution < -0.4 is 82.6 Å². The number of aliphatic carboxylic acids is 1. The molecule has 0 spiro atoms. The first-order valence-electron chi connectivity index (χ1n) is 12.1. The number of unbranched alkanes of at least 4 members (excludes halogenated alkanes) is 14. The van der Waals surface area contributed by atoms with Gasteiger partial charge in [0.15, 0.2) is 0 Å². The standard InChI is InChI=1S/C18H36O2.C8H6O4.2Li.Na/c1-2-3-4-5-6-7-8-9-10-11-12-13-14-15-16-17-18(19)20;9-7(10)5-1-2-6(4-3-5)8(11)12;;;/h2-17H2,1H3,(H,19,20);1-4H,(H,9,10)(H,11,12);;;/q;;3*+1/p-3. The van der Waals surface area contributed by atoms with Crippen molar-refractivity contribution in [2.24, 2.45) is 0 Å². The molecule has 0 bridgehead atoms. The van der Waals surface area contributed by atoms with Crippen molar-refractivity contribution in [3.05, 3.63) is 35.4 Å². The number of benzene rings is 1. The molecule has 0 aliphatic carbocycles. The van der Waals surface area contributed by atoms with Gasteiger partial charge in [-0.1, -0.05) is 121 Å². The van der Waals surface area contributed by atoms with Crippen molar-refractivity contribution >= 4 is 17.9 Å². The number of hydrogen-bond acceptors (Lipinski definition) is 6. The number of rotatable bonds is 18. The molecule has 0 saturated heterocycles. The minimum atomic E-state index is -1.33. The number of carboxylic acid groups (broad SMARTS) is 3. The molecule has 0 saturated carbocycles. The number of hydrogen-bond donors (Lipinski definition) is 0. The van der Waals surface area contributed by atoms with Crippen molar-refractivity contribution < 1.29 is 97.0 Å². The van der Waals surface area contributed by atoms with Crippen LogP contribution in [0.25, 0.3) is 0 Å². The summed E-state index contributed by atoms with van der Waals surface area (Å²) < 4.78 is 0. The molecule has 35 heavy (non-hydrogen) atoms. The third-order valence-corrected chi connectivity index (χ3v) is 5.34. The summed E-state index contributed by atoms with van der Waals surface area (Å²) in [6.45, 7) is 2.27. The molecular weight excluding hydrogens is 445 g/mol. The summed E-state index contributed by atoms with van der Waals surface area (Å²) in [6.07, 6.45) is 19.9.